The summed E-state index contributed by atoms with van der Waals surface area (Å²) in [4.78, 5) is 64.8. The Morgan fingerprint density at radius 1 is 0.760 bits per heavy atom. The lowest BCUT2D eigenvalue weighted by molar-refractivity contribution is -0.152. The molecular formula is C18H19NO6. The number of ketones is 3. The van der Waals surface area contributed by atoms with E-state index in [9.17, 15) is 24.0 Å². The summed E-state index contributed by atoms with van der Waals surface area (Å²) in [6, 6.07) is 0. The van der Waals surface area contributed by atoms with Crippen molar-refractivity contribution < 1.29 is 28.8 Å². The van der Waals surface area contributed by atoms with Crippen LogP contribution >= 0.6 is 0 Å². The molecule has 0 bridgehead atoms. The van der Waals surface area contributed by atoms with Crippen LogP contribution in [0.25, 0.3) is 0 Å². The SMILES string of the molecule is C=CC(=O)ONC(=O)C(C(=O)C(=C)C)=C(C(=O)C(=C)C)C(=O)C(=C)C. The molecule has 0 aliphatic heterocycles. The van der Waals surface area contributed by atoms with Crippen LogP contribution in [0.15, 0.2) is 60.3 Å². The molecule has 0 saturated heterocycles. The minimum Gasteiger partial charge on any atom is -0.336 e. The second kappa shape index (κ2) is 9.07. The highest BCUT2D eigenvalue weighted by Gasteiger charge is 2.32. The van der Waals surface area contributed by atoms with Gasteiger partial charge in [-0.2, -0.15) is 5.48 Å². The second-order valence-corrected chi connectivity index (χ2v) is 5.13. The van der Waals surface area contributed by atoms with Gasteiger partial charge in [-0.3, -0.25) is 19.2 Å². The standard InChI is InChI=1S/C18H19NO6/c1-8-12(20)25-19-18(24)14(17(23)11(6)7)13(15(21)9(2)3)16(22)10(4)5/h8H,1-2,4,6H2,3,5,7H3,(H,19,24). The summed E-state index contributed by atoms with van der Waals surface area (Å²) in [7, 11) is 0. The van der Waals surface area contributed by atoms with Gasteiger partial charge in [0, 0.05) is 6.08 Å². The third kappa shape index (κ3) is 5.65. The Kier molecular flexibility index (Phi) is 7.85. The molecule has 0 saturated carbocycles. The minimum atomic E-state index is -1.26. The summed E-state index contributed by atoms with van der Waals surface area (Å²) in [5, 5.41) is 0. The zero-order valence-electron chi connectivity index (χ0n) is 14.4. The van der Waals surface area contributed by atoms with Crippen molar-refractivity contribution in [2.24, 2.45) is 0 Å². The highest BCUT2D eigenvalue weighted by atomic mass is 16.7. The van der Waals surface area contributed by atoms with E-state index in [0.29, 0.717) is 0 Å². The molecular weight excluding hydrogens is 326 g/mol. The van der Waals surface area contributed by atoms with Crippen molar-refractivity contribution in [3.05, 3.63) is 60.3 Å². The van der Waals surface area contributed by atoms with E-state index in [2.05, 4.69) is 31.2 Å². The lowest BCUT2D eigenvalue weighted by Gasteiger charge is -2.13. The molecule has 0 spiro atoms. The summed E-state index contributed by atoms with van der Waals surface area (Å²) in [5.74, 6) is -5.06. The number of hydrogen-bond acceptors (Lipinski definition) is 6. The fourth-order valence-corrected chi connectivity index (χ4v) is 1.49. The first kappa shape index (κ1) is 21.6. The van der Waals surface area contributed by atoms with Crippen molar-refractivity contribution in [1.29, 1.82) is 0 Å². The van der Waals surface area contributed by atoms with E-state index in [1.54, 1.807) is 5.48 Å². The predicted molar refractivity (Wildman–Crippen MR) is 90.9 cm³/mol. The first-order valence-corrected chi connectivity index (χ1v) is 6.94. The van der Waals surface area contributed by atoms with Crippen LogP contribution in [-0.2, 0) is 28.8 Å². The number of nitrogens with one attached hydrogen (secondary N) is 1. The Morgan fingerprint density at radius 3 is 1.44 bits per heavy atom. The Labute approximate surface area is 145 Å². The molecule has 0 heterocycles. The van der Waals surface area contributed by atoms with Gasteiger partial charge in [-0.15, -0.1) is 0 Å². The molecule has 0 rings (SSSR count). The third-order valence-electron chi connectivity index (χ3n) is 2.73. The van der Waals surface area contributed by atoms with Gasteiger partial charge in [-0.05, 0) is 37.5 Å². The topological polar surface area (TPSA) is 107 Å². The summed E-state index contributed by atoms with van der Waals surface area (Å²) < 4.78 is 0. The quantitative estimate of drug-likeness (QED) is 0.309. The van der Waals surface area contributed by atoms with E-state index in [1.807, 2.05) is 0 Å². The van der Waals surface area contributed by atoms with Gasteiger partial charge in [-0.1, -0.05) is 26.3 Å². The molecule has 7 nitrogen and oxygen atoms in total. The third-order valence-corrected chi connectivity index (χ3v) is 2.73. The van der Waals surface area contributed by atoms with Crippen LogP contribution in [0.1, 0.15) is 20.8 Å². The molecule has 132 valence electrons. The van der Waals surface area contributed by atoms with Crippen molar-refractivity contribution in [3.63, 3.8) is 0 Å². The largest absolute Gasteiger partial charge is 0.355 e. The fourth-order valence-electron chi connectivity index (χ4n) is 1.49. The summed E-state index contributed by atoms with van der Waals surface area (Å²) in [6.45, 7) is 17.3. The van der Waals surface area contributed by atoms with Crippen LogP contribution in [0.3, 0.4) is 0 Å². The average molecular weight is 345 g/mol. The lowest BCUT2D eigenvalue weighted by Crippen LogP contribution is -2.34. The Bertz CT molecular complexity index is 724. The van der Waals surface area contributed by atoms with Gasteiger partial charge in [0.25, 0.3) is 5.91 Å². The molecule has 0 aromatic carbocycles. The molecule has 25 heavy (non-hydrogen) atoms. The maximum atomic E-state index is 12.4. The normalized spacial score (nSPS) is 9.24. The lowest BCUT2D eigenvalue weighted by atomic mass is 9.89. The Balaban J connectivity index is 6.50. The van der Waals surface area contributed by atoms with Crippen LogP contribution in [0.2, 0.25) is 0 Å². The number of amides is 1. The predicted octanol–water partition coefficient (Wildman–Crippen LogP) is 1.48. The zero-order valence-corrected chi connectivity index (χ0v) is 14.4. The van der Waals surface area contributed by atoms with Gasteiger partial charge in [0.1, 0.15) is 5.57 Å². The monoisotopic (exact) mass is 345 g/mol. The maximum absolute atomic E-state index is 12.4. The molecule has 1 N–H and O–H groups in total. The van der Waals surface area contributed by atoms with E-state index in [0.717, 1.165) is 6.08 Å². The number of hydroxylamine groups is 1. The first-order valence-electron chi connectivity index (χ1n) is 6.94. The highest BCUT2D eigenvalue weighted by Crippen LogP contribution is 2.19. The van der Waals surface area contributed by atoms with E-state index in [-0.39, 0.29) is 16.7 Å². The van der Waals surface area contributed by atoms with E-state index in [4.69, 9.17) is 0 Å². The number of rotatable bonds is 8. The summed E-state index contributed by atoms with van der Waals surface area (Å²) in [5.41, 5.74) is -0.105. The number of carbonyl (C=O) groups is 5. The number of Topliss-reactive ketones (excluding diaryl/α,β-unsaturated/α-hetero) is 3. The maximum Gasteiger partial charge on any atom is 0.355 e. The first-order chi connectivity index (χ1) is 11.4. The summed E-state index contributed by atoms with van der Waals surface area (Å²) >= 11 is 0. The molecule has 0 radical (unpaired) electrons. The number of hydrogen-bond donors (Lipinski definition) is 1. The van der Waals surface area contributed by atoms with Crippen LogP contribution in [0, 0.1) is 0 Å². The van der Waals surface area contributed by atoms with Crippen molar-refractivity contribution in [2.75, 3.05) is 0 Å². The molecule has 0 atom stereocenters. The average Bonchev–Trinajstić information content (AvgIpc) is 2.54. The van der Waals surface area contributed by atoms with Crippen LogP contribution < -0.4 is 5.48 Å². The van der Waals surface area contributed by atoms with E-state index < -0.39 is 40.4 Å². The van der Waals surface area contributed by atoms with Gasteiger partial charge in [-0.25, -0.2) is 4.79 Å². The molecule has 0 fully saturated rings. The zero-order chi connectivity index (χ0) is 19.9. The van der Waals surface area contributed by atoms with Crippen molar-refractivity contribution in [1.82, 2.24) is 5.48 Å². The molecule has 7 heteroatoms. The molecule has 0 unspecified atom stereocenters. The van der Waals surface area contributed by atoms with Crippen LogP contribution in [-0.4, -0.2) is 29.2 Å². The van der Waals surface area contributed by atoms with Gasteiger partial charge < -0.3 is 4.84 Å². The van der Waals surface area contributed by atoms with Gasteiger partial charge in [0.15, 0.2) is 17.3 Å². The van der Waals surface area contributed by atoms with Gasteiger partial charge in [0.05, 0.1) is 5.57 Å². The van der Waals surface area contributed by atoms with Gasteiger partial charge in [0.2, 0.25) is 0 Å². The van der Waals surface area contributed by atoms with Crippen LogP contribution in [0.5, 0.6) is 0 Å². The number of carbonyl (C=O) groups excluding carboxylic acids is 5. The minimum absolute atomic E-state index is 0.0764. The molecule has 0 aliphatic rings. The Hall–Kier alpha value is -3.35. The van der Waals surface area contributed by atoms with Crippen molar-refractivity contribution in [2.45, 2.75) is 20.8 Å². The highest BCUT2D eigenvalue weighted by molar-refractivity contribution is 6.39. The van der Waals surface area contributed by atoms with Gasteiger partial charge >= 0.3 is 5.97 Å². The van der Waals surface area contributed by atoms with E-state index in [1.165, 1.54) is 20.8 Å². The molecule has 0 aliphatic carbocycles. The van der Waals surface area contributed by atoms with Crippen molar-refractivity contribution in [3.8, 4) is 0 Å². The second-order valence-electron chi connectivity index (χ2n) is 5.13. The van der Waals surface area contributed by atoms with E-state index >= 15 is 0 Å². The molecule has 1 amide bonds. The van der Waals surface area contributed by atoms with Crippen LogP contribution in [0.4, 0.5) is 0 Å². The molecule has 0 aromatic heterocycles. The summed E-state index contributed by atoms with van der Waals surface area (Å²) in [6.07, 6.45) is 0.767. The molecule has 0 aromatic rings. The Morgan fingerprint density at radius 2 is 1.12 bits per heavy atom. The number of allylic oxidation sites excluding steroid dienone is 4. The smallest absolute Gasteiger partial charge is 0.336 e. The fraction of sp³-hybridized carbons (Fsp3) is 0.167. The van der Waals surface area contributed by atoms with Crippen molar-refractivity contribution >= 4 is 29.2 Å².